The van der Waals surface area contributed by atoms with Crippen LogP contribution in [0, 0.1) is 5.92 Å². The molecular formula is C6H13NO3S. The SMILES string of the molecule is N[C@@H](CO)C1CCS(=O)(=O)C1. The molecule has 1 aliphatic heterocycles. The second-order valence-corrected chi connectivity index (χ2v) is 5.24. The Labute approximate surface area is 66.3 Å². The summed E-state index contributed by atoms with van der Waals surface area (Å²) in [6.45, 7) is -0.125. The van der Waals surface area contributed by atoms with Gasteiger partial charge in [0.2, 0.25) is 0 Å². The van der Waals surface area contributed by atoms with Crippen molar-refractivity contribution in [2.75, 3.05) is 18.1 Å². The fourth-order valence-electron chi connectivity index (χ4n) is 1.31. The summed E-state index contributed by atoms with van der Waals surface area (Å²) < 4.78 is 21.8. The lowest BCUT2D eigenvalue weighted by molar-refractivity contribution is 0.234. The topological polar surface area (TPSA) is 80.4 Å². The van der Waals surface area contributed by atoms with Crippen molar-refractivity contribution in [3.05, 3.63) is 0 Å². The first-order chi connectivity index (χ1) is 5.05. The van der Waals surface area contributed by atoms with Crippen LogP contribution < -0.4 is 5.73 Å². The maximum Gasteiger partial charge on any atom is 0.150 e. The molecule has 1 unspecified atom stereocenters. The zero-order chi connectivity index (χ0) is 8.48. The molecule has 4 nitrogen and oxygen atoms in total. The molecule has 1 saturated heterocycles. The fraction of sp³-hybridized carbons (Fsp3) is 1.00. The third kappa shape index (κ3) is 2.15. The van der Waals surface area contributed by atoms with E-state index in [1.165, 1.54) is 0 Å². The van der Waals surface area contributed by atoms with E-state index in [1.54, 1.807) is 0 Å². The van der Waals surface area contributed by atoms with Crippen LogP contribution in [0.2, 0.25) is 0 Å². The smallest absolute Gasteiger partial charge is 0.150 e. The molecule has 1 aliphatic rings. The Bertz CT molecular complexity index is 224. The summed E-state index contributed by atoms with van der Waals surface area (Å²) in [4.78, 5) is 0. The molecule has 11 heavy (non-hydrogen) atoms. The van der Waals surface area contributed by atoms with Crippen molar-refractivity contribution in [1.29, 1.82) is 0 Å². The number of aliphatic hydroxyl groups excluding tert-OH is 1. The number of aliphatic hydroxyl groups is 1. The molecule has 1 rings (SSSR count). The molecule has 66 valence electrons. The largest absolute Gasteiger partial charge is 0.395 e. The molecule has 0 aliphatic carbocycles. The van der Waals surface area contributed by atoms with Crippen molar-refractivity contribution in [3.63, 3.8) is 0 Å². The van der Waals surface area contributed by atoms with Crippen molar-refractivity contribution in [2.45, 2.75) is 12.5 Å². The molecule has 0 saturated carbocycles. The van der Waals surface area contributed by atoms with Gasteiger partial charge in [0.05, 0.1) is 18.1 Å². The predicted octanol–water partition coefficient (Wildman–Crippen LogP) is -1.26. The molecule has 0 aromatic rings. The standard InChI is InChI=1S/C6H13NO3S/c7-6(3-8)5-1-2-11(9,10)4-5/h5-6,8H,1-4,7H2/t5?,6-/m0/s1. The predicted molar refractivity (Wildman–Crippen MR) is 41.8 cm³/mol. The molecule has 0 bridgehead atoms. The van der Waals surface area contributed by atoms with Crippen molar-refractivity contribution in [2.24, 2.45) is 11.7 Å². The lowest BCUT2D eigenvalue weighted by Gasteiger charge is -2.13. The first-order valence-corrected chi connectivity index (χ1v) is 5.44. The summed E-state index contributed by atoms with van der Waals surface area (Å²) in [5.41, 5.74) is 5.48. The molecular weight excluding hydrogens is 166 g/mol. The van der Waals surface area contributed by atoms with Gasteiger partial charge >= 0.3 is 0 Å². The molecule has 0 aromatic carbocycles. The number of nitrogens with two attached hydrogens (primary N) is 1. The van der Waals surface area contributed by atoms with E-state index in [0.29, 0.717) is 6.42 Å². The zero-order valence-electron chi connectivity index (χ0n) is 6.23. The summed E-state index contributed by atoms with van der Waals surface area (Å²) in [6, 6.07) is -0.368. The van der Waals surface area contributed by atoms with E-state index >= 15 is 0 Å². The third-order valence-electron chi connectivity index (χ3n) is 2.08. The van der Waals surface area contributed by atoms with Gasteiger partial charge in [0.15, 0.2) is 9.84 Å². The highest BCUT2D eigenvalue weighted by Gasteiger charge is 2.31. The van der Waals surface area contributed by atoms with Crippen LogP contribution in [0.1, 0.15) is 6.42 Å². The molecule has 1 heterocycles. The van der Waals surface area contributed by atoms with Crippen LogP contribution in [0.15, 0.2) is 0 Å². The van der Waals surface area contributed by atoms with Gasteiger partial charge in [-0.3, -0.25) is 0 Å². The Balaban J connectivity index is 2.55. The van der Waals surface area contributed by atoms with E-state index in [2.05, 4.69) is 0 Å². The van der Waals surface area contributed by atoms with Gasteiger partial charge < -0.3 is 10.8 Å². The summed E-state index contributed by atoms with van der Waals surface area (Å²) in [5, 5.41) is 8.65. The van der Waals surface area contributed by atoms with Gasteiger partial charge in [-0.15, -0.1) is 0 Å². The molecule has 1 fully saturated rings. The van der Waals surface area contributed by atoms with Crippen LogP contribution in [0.5, 0.6) is 0 Å². The number of rotatable bonds is 2. The van der Waals surface area contributed by atoms with Crippen LogP contribution in [0.4, 0.5) is 0 Å². The lowest BCUT2D eigenvalue weighted by atomic mass is 10.0. The summed E-state index contributed by atoms with van der Waals surface area (Å²) >= 11 is 0. The average molecular weight is 179 g/mol. The third-order valence-corrected chi connectivity index (χ3v) is 3.88. The van der Waals surface area contributed by atoms with Gasteiger partial charge in [-0.05, 0) is 12.3 Å². The average Bonchev–Trinajstić information content (AvgIpc) is 2.29. The van der Waals surface area contributed by atoms with Crippen molar-refractivity contribution in [1.82, 2.24) is 0 Å². The first kappa shape index (κ1) is 8.96. The molecule has 3 N–H and O–H groups in total. The van der Waals surface area contributed by atoms with Crippen LogP contribution in [0.25, 0.3) is 0 Å². The van der Waals surface area contributed by atoms with E-state index in [0.717, 1.165) is 0 Å². The molecule has 0 amide bonds. The van der Waals surface area contributed by atoms with Gasteiger partial charge in [-0.25, -0.2) is 8.42 Å². The summed E-state index contributed by atoms with van der Waals surface area (Å²) in [7, 11) is -2.84. The monoisotopic (exact) mass is 179 g/mol. The molecule has 0 spiro atoms. The minimum atomic E-state index is -2.84. The molecule has 2 atom stereocenters. The first-order valence-electron chi connectivity index (χ1n) is 3.62. The quantitative estimate of drug-likeness (QED) is 0.554. The maximum absolute atomic E-state index is 10.9. The highest BCUT2D eigenvalue weighted by atomic mass is 32.2. The highest BCUT2D eigenvalue weighted by Crippen LogP contribution is 2.20. The van der Waals surface area contributed by atoms with E-state index in [-0.39, 0.29) is 30.1 Å². The summed E-state index contributed by atoms with van der Waals surface area (Å²) in [5.74, 6) is 0.338. The van der Waals surface area contributed by atoms with Crippen molar-refractivity contribution >= 4 is 9.84 Å². The number of hydrogen-bond acceptors (Lipinski definition) is 4. The molecule has 5 heteroatoms. The Morgan fingerprint density at radius 1 is 1.64 bits per heavy atom. The van der Waals surface area contributed by atoms with Gasteiger partial charge in [0.1, 0.15) is 0 Å². The lowest BCUT2D eigenvalue weighted by Crippen LogP contribution is -2.34. The number of sulfone groups is 1. The van der Waals surface area contributed by atoms with Gasteiger partial charge in [-0.2, -0.15) is 0 Å². The van der Waals surface area contributed by atoms with Gasteiger partial charge in [0.25, 0.3) is 0 Å². The van der Waals surface area contributed by atoms with Crippen LogP contribution in [0.3, 0.4) is 0 Å². The normalized spacial score (nSPS) is 32.0. The van der Waals surface area contributed by atoms with Gasteiger partial charge in [0, 0.05) is 6.04 Å². The van der Waals surface area contributed by atoms with Crippen LogP contribution >= 0.6 is 0 Å². The molecule has 0 radical (unpaired) electrons. The Morgan fingerprint density at radius 3 is 2.64 bits per heavy atom. The second kappa shape index (κ2) is 3.08. The van der Waals surface area contributed by atoms with Crippen LogP contribution in [-0.4, -0.2) is 37.7 Å². The maximum atomic E-state index is 10.9. The van der Waals surface area contributed by atoms with Crippen molar-refractivity contribution < 1.29 is 13.5 Å². The Morgan fingerprint density at radius 2 is 2.27 bits per heavy atom. The summed E-state index contributed by atoms with van der Waals surface area (Å²) in [6.07, 6.45) is 0.601. The Kier molecular flexibility index (Phi) is 2.51. The van der Waals surface area contributed by atoms with E-state index in [9.17, 15) is 8.42 Å². The van der Waals surface area contributed by atoms with Crippen molar-refractivity contribution in [3.8, 4) is 0 Å². The fourth-order valence-corrected chi connectivity index (χ4v) is 3.21. The minimum absolute atomic E-state index is 0.0370. The van der Waals surface area contributed by atoms with E-state index < -0.39 is 9.84 Å². The second-order valence-electron chi connectivity index (χ2n) is 3.01. The van der Waals surface area contributed by atoms with Gasteiger partial charge in [-0.1, -0.05) is 0 Å². The molecule has 0 aromatic heterocycles. The minimum Gasteiger partial charge on any atom is -0.395 e. The number of hydrogen-bond donors (Lipinski definition) is 2. The van der Waals surface area contributed by atoms with Crippen LogP contribution in [-0.2, 0) is 9.84 Å². The highest BCUT2D eigenvalue weighted by molar-refractivity contribution is 7.91. The van der Waals surface area contributed by atoms with E-state index in [4.69, 9.17) is 10.8 Å². The van der Waals surface area contributed by atoms with E-state index in [1.807, 2.05) is 0 Å². The zero-order valence-corrected chi connectivity index (χ0v) is 7.05. The Hall–Kier alpha value is -0.130.